The van der Waals surface area contributed by atoms with Crippen molar-refractivity contribution in [3.8, 4) is 0 Å². The molecule has 1 aromatic rings. The van der Waals surface area contributed by atoms with E-state index >= 15 is 0 Å². The van der Waals surface area contributed by atoms with Gasteiger partial charge in [0, 0.05) is 25.0 Å². The van der Waals surface area contributed by atoms with Crippen LogP contribution in [-0.2, 0) is 6.54 Å². The Kier molecular flexibility index (Phi) is 2.13. The second-order valence-electron chi connectivity index (χ2n) is 3.67. The van der Waals surface area contributed by atoms with E-state index in [1.165, 1.54) is 19.3 Å². The molecule has 0 spiro atoms. The molecular weight excluding hydrogens is 150 g/mol. The van der Waals surface area contributed by atoms with Gasteiger partial charge in [0.05, 0.1) is 0 Å². The lowest BCUT2D eigenvalue weighted by Gasteiger charge is -2.08. The van der Waals surface area contributed by atoms with Crippen molar-refractivity contribution in [2.24, 2.45) is 11.7 Å². The van der Waals surface area contributed by atoms with Crippen LogP contribution >= 0.6 is 0 Å². The zero-order valence-electron chi connectivity index (χ0n) is 7.19. The minimum absolute atomic E-state index is 0.436. The lowest BCUT2D eigenvalue weighted by molar-refractivity contribution is 0.424. The van der Waals surface area contributed by atoms with Gasteiger partial charge in [0.25, 0.3) is 0 Å². The van der Waals surface area contributed by atoms with Crippen LogP contribution in [0.25, 0.3) is 0 Å². The van der Waals surface area contributed by atoms with E-state index in [1.807, 2.05) is 23.1 Å². The van der Waals surface area contributed by atoms with Crippen molar-refractivity contribution in [3.05, 3.63) is 18.5 Å². The average Bonchev–Trinajstić information content (AvgIpc) is 2.63. The Morgan fingerprint density at radius 3 is 3.00 bits per heavy atom. The molecule has 1 aromatic heterocycles. The van der Waals surface area contributed by atoms with Gasteiger partial charge in [-0.25, -0.2) is 0 Å². The molecule has 3 heteroatoms. The van der Waals surface area contributed by atoms with E-state index in [0.29, 0.717) is 6.04 Å². The molecule has 0 bridgehead atoms. The highest BCUT2D eigenvalue weighted by atomic mass is 15.3. The van der Waals surface area contributed by atoms with Gasteiger partial charge in [0.15, 0.2) is 0 Å². The largest absolute Gasteiger partial charge is 0.328 e. The number of hydrogen-bond acceptors (Lipinski definition) is 2. The van der Waals surface area contributed by atoms with Crippen LogP contribution in [0.3, 0.4) is 0 Å². The predicted octanol–water partition coefficient (Wildman–Crippen LogP) is 1.01. The van der Waals surface area contributed by atoms with E-state index in [1.54, 1.807) is 0 Å². The highest BCUT2D eigenvalue weighted by molar-refractivity contribution is 4.82. The maximum Gasteiger partial charge on any atom is 0.0489 e. The van der Waals surface area contributed by atoms with Crippen LogP contribution in [0, 0.1) is 5.92 Å². The van der Waals surface area contributed by atoms with Gasteiger partial charge in [-0.05, 0) is 31.2 Å². The van der Waals surface area contributed by atoms with Crippen molar-refractivity contribution >= 4 is 0 Å². The molecule has 0 aromatic carbocycles. The molecular formula is C9H15N3. The van der Waals surface area contributed by atoms with Crippen molar-refractivity contribution in [1.29, 1.82) is 0 Å². The van der Waals surface area contributed by atoms with Crippen molar-refractivity contribution in [1.82, 2.24) is 9.78 Å². The summed E-state index contributed by atoms with van der Waals surface area (Å²) >= 11 is 0. The molecule has 0 saturated heterocycles. The number of nitrogens with zero attached hydrogens (tertiary/aromatic N) is 2. The smallest absolute Gasteiger partial charge is 0.0489 e. The summed E-state index contributed by atoms with van der Waals surface area (Å²) in [6, 6.07) is 2.40. The van der Waals surface area contributed by atoms with Crippen molar-refractivity contribution in [3.63, 3.8) is 0 Å². The quantitative estimate of drug-likeness (QED) is 0.710. The van der Waals surface area contributed by atoms with Crippen molar-refractivity contribution in [2.75, 3.05) is 0 Å². The van der Waals surface area contributed by atoms with E-state index in [-0.39, 0.29) is 0 Å². The molecule has 2 atom stereocenters. The minimum atomic E-state index is 0.436. The maximum absolute atomic E-state index is 5.82. The summed E-state index contributed by atoms with van der Waals surface area (Å²) in [5.74, 6) is 0.750. The molecule has 3 nitrogen and oxygen atoms in total. The summed E-state index contributed by atoms with van der Waals surface area (Å²) in [4.78, 5) is 0. The Morgan fingerprint density at radius 2 is 2.42 bits per heavy atom. The standard InChI is InChI=1S/C9H15N3/c10-9-3-2-8(6-9)7-12-5-1-4-11-12/h1,4-5,8-9H,2-3,6-7,10H2/t8-,9+/m1/s1. The molecule has 2 N–H and O–H groups in total. The van der Waals surface area contributed by atoms with Gasteiger partial charge in [-0.3, -0.25) is 4.68 Å². The molecule has 1 aliphatic rings. The first-order chi connectivity index (χ1) is 5.84. The number of nitrogens with two attached hydrogens (primary N) is 1. The SMILES string of the molecule is N[C@H]1CC[C@@H](Cn2cccn2)C1. The third-order valence-corrected chi connectivity index (χ3v) is 2.59. The Balaban J connectivity index is 1.88. The Labute approximate surface area is 72.6 Å². The van der Waals surface area contributed by atoms with Crippen molar-refractivity contribution < 1.29 is 0 Å². The lowest BCUT2D eigenvalue weighted by Crippen LogP contribution is -2.16. The Morgan fingerprint density at radius 1 is 1.50 bits per heavy atom. The minimum Gasteiger partial charge on any atom is -0.328 e. The zero-order chi connectivity index (χ0) is 8.39. The summed E-state index contributed by atoms with van der Waals surface area (Å²) in [5, 5.41) is 4.18. The first kappa shape index (κ1) is 7.80. The maximum atomic E-state index is 5.82. The normalized spacial score (nSPS) is 29.4. The third kappa shape index (κ3) is 1.67. The monoisotopic (exact) mass is 165 g/mol. The molecule has 0 aliphatic heterocycles. The second kappa shape index (κ2) is 3.27. The average molecular weight is 165 g/mol. The summed E-state index contributed by atoms with van der Waals surface area (Å²) in [6.45, 7) is 1.04. The number of hydrogen-bond donors (Lipinski definition) is 1. The van der Waals surface area contributed by atoms with Gasteiger partial charge in [-0.2, -0.15) is 5.10 Å². The highest BCUT2D eigenvalue weighted by Crippen LogP contribution is 2.25. The predicted molar refractivity (Wildman–Crippen MR) is 47.5 cm³/mol. The van der Waals surface area contributed by atoms with Crippen LogP contribution < -0.4 is 5.73 Å². The van der Waals surface area contributed by atoms with Crippen LogP contribution in [-0.4, -0.2) is 15.8 Å². The molecule has 1 aliphatic carbocycles. The van der Waals surface area contributed by atoms with E-state index in [0.717, 1.165) is 12.5 Å². The third-order valence-electron chi connectivity index (χ3n) is 2.59. The first-order valence-corrected chi connectivity index (χ1v) is 4.57. The van der Waals surface area contributed by atoms with Crippen LogP contribution in [0.4, 0.5) is 0 Å². The summed E-state index contributed by atoms with van der Waals surface area (Å²) < 4.78 is 2.00. The topological polar surface area (TPSA) is 43.8 Å². The van der Waals surface area contributed by atoms with Gasteiger partial charge in [-0.1, -0.05) is 0 Å². The molecule has 2 rings (SSSR count). The summed E-state index contributed by atoms with van der Waals surface area (Å²) in [6.07, 6.45) is 7.46. The van der Waals surface area contributed by atoms with E-state index in [4.69, 9.17) is 5.73 Å². The summed E-state index contributed by atoms with van der Waals surface area (Å²) in [5.41, 5.74) is 5.82. The first-order valence-electron chi connectivity index (χ1n) is 4.57. The number of aromatic nitrogens is 2. The van der Waals surface area contributed by atoms with Crippen LogP contribution in [0.2, 0.25) is 0 Å². The molecule has 0 amide bonds. The van der Waals surface area contributed by atoms with Gasteiger partial charge in [-0.15, -0.1) is 0 Å². The second-order valence-corrected chi connectivity index (χ2v) is 3.67. The fourth-order valence-corrected chi connectivity index (χ4v) is 1.95. The molecule has 1 heterocycles. The Hall–Kier alpha value is -0.830. The van der Waals surface area contributed by atoms with E-state index in [9.17, 15) is 0 Å². The van der Waals surface area contributed by atoms with Gasteiger partial charge in [0.1, 0.15) is 0 Å². The Bertz CT molecular complexity index is 230. The van der Waals surface area contributed by atoms with Crippen molar-refractivity contribution in [2.45, 2.75) is 31.8 Å². The fraction of sp³-hybridized carbons (Fsp3) is 0.667. The lowest BCUT2D eigenvalue weighted by atomic mass is 10.1. The molecule has 1 fully saturated rings. The van der Waals surface area contributed by atoms with E-state index < -0.39 is 0 Å². The highest BCUT2D eigenvalue weighted by Gasteiger charge is 2.21. The van der Waals surface area contributed by atoms with Gasteiger partial charge in [0.2, 0.25) is 0 Å². The van der Waals surface area contributed by atoms with Gasteiger partial charge >= 0.3 is 0 Å². The van der Waals surface area contributed by atoms with E-state index in [2.05, 4.69) is 5.10 Å². The van der Waals surface area contributed by atoms with Gasteiger partial charge < -0.3 is 5.73 Å². The molecule has 12 heavy (non-hydrogen) atoms. The van der Waals surface area contributed by atoms with Crippen LogP contribution in [0.15, 0.2) is 18.5 Å². The molecule has 66 valence electrons. The zero-order valence-corrected chi connectivity index (χ0v) is 7.19. The molecule has 0 radical (unpaired) electrons. The number of rotatable bonds is 2. The van der Waals surface area contributed by atoms with Crippen LogP contribution in [0.1, 0.15) is 19.3 Å². The summed E-state index contributed by atoms with van der Waals surface area (Å²) in [7, 11) is 0. The van der Waals surface area contributed by atoms with Crippen LogP contribution in [0.5, 0.6) is 0 Å². The molecule has 1 saturated carbocycles. The molecule has 0 unspecified atom stereocenters. The fourth-order valence-electron chi connectivity index (χ4n) is 1.95.